The van der Waals surface area contributed by atoms with Crippen LogP contribution in [-0.2, 0) is 10.3 Å². The second kappa shape index (κ2) is 8.90. The molecule has 1 saturated heterocycles. The average molecular weight is 402 g/mol. The predicted molar refractivity (Wildman–Crippen MR) is 110 cm³/mol. The minimum Gasteiger partial charge on any atom is -0.396 e. The maximum atomic E-state index is 14.7. The van der Waals surface area contributed by atoms with Crippen LogP contribution in [0.5, 0.6) is 0 Å². The van der Waals surface area contributed by atoms with Crippen molar-refractivity contribution in [1.82, 2.24) is 5.32 Å². The Hall–Kier alpha value is -2.15. The lowest BCUT2D eigenvalue weighted by Gasteiger charge is -2.39. The number of aliphatic hydroxyl groups excluding tert-OH is 1. The number of ketones is 1. The number of carbonyl (C=O) groups is 1. The zero-order valence-electron chi connectivity index (χ0n) is 15.7. The lowest BCUT2D eigenvalue weighted by atomic mass is 9.76. The number of Topliss-reactive ketones (excluding diaryl/α,β-unsaturated/α-hetero) is 1. The number of hydrogen-bond donors (Lipinski definition) is 2. The van der Waals surface area contributed by atoms with E-state index < -0.39 is 11.6 Å². The van der Waals surface area contributed by atoms with Crippen molar-refractivity contribution in [2.75, 3.05) is 13.2 Å². The monoisotopic (exact) mass is 401 g/mol. The van der Waals surface area contributed by atoms with E-state index in [1.54, 1.807) is 30.3 Å². The first-order valence-corrected chi connectivity index (χ1v) is 9.76. The number of hydrogen-bond acceptors (Lipinski definition) is 4. The molecule has 3 atom stereocenters. The molecule has 0 aromatic heterocycles. The fraction of sp³-hybridized carbons (Fsp3) is 0.364. The van der Waals surface area contributed by atoms with Gasteiger partial charge in [-0.15, -0.1) is 0 Å². The van der Waals surface area contributed by atoms with Crippen LogP contribution in [0.25, 0.3) is 0 Å². The Bertz CT molecular complexity index is 845. The summed E-state index contributed by atoms with van der Waals surface area (Å²) in [6.45, 7) is 1.97. The van der Waals surface area contributed by atoms with Crippen LogP contribution in [0.15, 0.2) is 54.6 Å². The average Bonchev–Trinajstić information content (AvgIpc) is 3.03. The molecule has 0 amide bonds. The van der Waals surface area contributed by atoms with Crippen molar-refractivity contribution >= 4 is 23.0 Å². The summed E-state index contributed by atoms with van der Waals surface area (Å²) in [5.74, 6) is -0.741. The maximum absolute atomic E-state index is 14.7. The van der Waals surface area contributed by atoms with Gasteiger partial charge in [0.1, 0.15) is 5.82 Å². The molecule has 1 aliphatic heterocycles. The van der Waals surface area contributed by atoms with Crippen LogP contribution in [0.3, 0.4) is 0 Å². The van der Waals surface area contributed by atoms with Gasteiger partial charge in [0, 0.05) is 29.9 Å². The third-order valence-electron chi connectivity index (χ3n) is 5.39. The summed E-state index contributed by atoms with van der Waals surface area (Å²) in [6.07, 6.45) is 0.191. The van der Waals surface area contributed by atoms with Gasteiger partial charge < -0.3 is 15.2 Å². The minimum atomic E-state index is -0.979. The quantitative estimate of drug-likeness (QED) is 0.548. The summed E-state index contributed by atoms with van der Waals surface area (Å²) < 4.78 is 20.4. The topological polar surface area (TPSA) is 58.6 Å². The molecule has 1 fully saturated rings. The molecule has 0 saturated carbocycles. The molecule has 4 nitrogen and oxygen atoms in total. The molecule has 0 aliphatic carbocycles. The Balaban J connectivity index is 1.80. The molecule has 28 heavy (non-hydrogen) atoms. The van der Waals surface area contributed by atoms with E-state index in [0.29, 0.717) is 29.1 Å². The van der Waals surface area contributed by atoms with Crippen LogP contribution in [-0.4, -0.2) is 35.2 Å². The normalized spacial score (nSPS) is 24.1. The molecule has 0 bridgehead atoms. The smallest absolute Gasteiger partial charge is 0.163 e. The van der Waals surface area contributed by atoms with Gasteiger partial charge in [-0.1, -0.05) is 60.7 Å². The van der Waals surface area contributed by atoms with E-state index in [9.17, 15) is 14.3 Å². The van der Waals surface area contributed by atoms with Crippen molar-refractivity contribution in [3.8, 4) is 0 Å². The van der Waals surface area contributed by atoms with Crippen molar-refractivity contribution in [2.45, 2.75) is 31.4 Å². The maximum Gasteiger partial charge on any atom is 0.163 e. The van der Waals surface area contributed by atoms with Crippen molar-refractivity contribution < 1.29 is 19.0 Å². The third kappa shape index (κ3) is 3.99. The van der Waals surface area contributed by atoms with Crippen molar-refractivity contribution in [3.05, 3.63) is 71.5 Å². The second-order valence-electron chi connectivity index (χ2n) is 7.04. The molecule has 2 aromatic rings. The van der Waals surface area contributed by atoms with E-state index in [4.69, 9.17) is 17.0 Å². The van der Waals surface area contributed by atoms with Crippen molar-refractivity contribution in [3.63, 3.8) is 0 Å². The molecule has 3 rings (SSSR count). The first-order chi connectivity index (χ1) is 13.5. The molecule has 2 aromatic carbocycles. The summed E-state index contributed by atoms with van der Waals surface area (Å²) in [7, 11) is 0. The molecule has 0 unspecified atom stereocenters. The van der Waals surface area contributed by atoms with E-state index in [0.717, 1.165) is 0 Å². The molecule has 1 heterocycles. The Labute approximate surface area is 169 Å². The molecule has 148 valence electrons. The highest BCUT2D eigenvalue weighted by Crippen LogP contribution is 2.41. The largest absolute Gasteiger partial charge is 0.396 e. The van der Waals surface area contributed by atoms with Gasteiger partial charge >= 0.3 is 0 Å². The van der Waals surface area contributed by atoms with Gasteiger partial charge in [0.2, 0.25) is 0 Å². The number of halogens is 1. The van der Waals surface area contributed by atoms with Gasteiger partial charge in [0.15, 0.2) is 5.78 Å². The Kier molecular flexibility index (Phi) is 6.54. The number of thiocarbonyl (C=S) groups is 1. The zero-order valence-corrected chi connectivity index (χ0v) is 16.5. The van der Waals surface area contributed by atoms with Crippen LogP contribution in [0.2, 0.25) is 0 Å². The summed E-state index contributed by atoms with van der Waals surface area (Å²) in [5, 5.41) is 13.2. The highest BCUT2D eigenvalue weighted by Gasteiger charge is 2.52. The van der Waals surface area contributed by atoms with E-state index in [2.05, 4.69) is 5.32 Å². The van der Waals surface area contributed by atoms with Crippen LogP contribution in [0.4, 0.5) is 4.39 Å². The van der Waals surface area contributed by atoms with Crippen LogP contribution in [0.1, 0.15) is 35.7 Å². The van der Waals surface area contributed by atoms with Gasteiger partial charge in [-0.25, -0.2) is 4.39 Å². The van der Waals surface area contributed by atoms with Gasteiger partial charge in [-0.05, 0) is 13.0 Å². The molecule has 0 radical (unpaired) electrons. The SMILES string of the molecule is C[C@H]1OC[C@@H](CO)[C@]1(NC(=S)CCC(=O)c1ccccc1)c1ccccc1F. The van der Waals surface area contributed by atoms with Crippen molar-refractivity contribution in [2.24, 2.45) is 5.92 Å². The zero-order chi connectivity index (χ0) is 20.1. The van der Waals surface area contributed by atoms with Gasteiger partial charge in [0.25, 0.3) is 0 Å². The van der Waals surface area contributed by atoms with Crippen LogP contribution >= 0.6 is 12.2 Å². The van der Waals surface area contributed by atoms with E-state index >= 15 is 0 Å². The highest BCUT2D eigenvalue weighted by atomic mass is 32.1. The van der Waals surface area contributed by atoms with Gasteiger partial charge in [-0.3, -0.25) is 4.79 Å². The first-order valence-electron chi connectivity index (χ1n) is 9.35. The number of rotatable bonds is 7. The number of ether oxygens (including phenoxy) is 1. The van der Waals surface area contributed by atoms with Crippen LogP contribution in [0, 0.1) is 11.7 Å². The van der Waals surface area contributed by atoms with Crippen LogP contribution < -0.4 is 5.32 Å². The summed E-state index contributed by atoms with van der Waals surface area (Å²) >= 11 is 5.50. The van der Waals surface area contributed by atoms with Crippen molar-refractivity contribution in [1.29, 1.82) is 0 Å². The number of nitrogens with one attached hydrogen (secondary N) is 1. The van der Waals surface area contributed by atoms with Gasteiger partial charge in [0.05, 0.1) is 29.8 Å². The number of aliphatic hydroxyl groups is 1. The number of carbonyl (C=O) groups excluding carboxylic acids is 1. The first kappa shape index (κ1) is 20.6. The van der Waals surface area contributed by atoms with E-state index in [1.165, 1.54) is 6.07 Å². The third-order valence-corrected chi connectivity index (χ3v) is 5.70. The minimum absolute atomic E-state index is 0.000815. The van der Waals surface area contributed by atoms with E-state index in [-0.39, 0.29) is 30.5 Å². The number of benzene rings is 2. The predicted octanol–water partition coefficient (Wildman–Crippen LogP) is 3.63. The Morgan fingerprint density at radius 2 is 1.89 bits per heavy atom. The standard InChI is InChI=1S/C22H24FNO3S/c1-15-22(17(13-25)14-27-15,18-9-5-6-10-19(18)23)24-21(28)12-11-20(26)16-7-3-2-4-8-16/h2-10,15,17,25H,11-14H2,1H3,(H,24,28)/t15-,17-,22+/m1/s1. The summed E-state index contributed by atoms with van der Waals surface area (Å²) in [5.41, 5.74) is 0.0724. The van der Waals surface area contributed by atoms with E-state index in [1.807, 2.05) is 25.1 Å². The Morgan fingerprint density at radius 3 is 2.57 bits per heavy atom. The lowest BCUT2D eigenvalue weighted by molar-refractivity contribution is 0.0874. The lowest BCUT2D eigenvalue weighted by Crippen LogP contribution is -2.55. The second-order valence-corrected chi connectivity index (χ2v) is 7.53. The fourth-order valence-corrected chi connectivity index (χ4v) is 4.12. The Morgan fingerprint density at radius 1 is 1.21 bits per heavy atom. The molecular weight excluding hydrogens is 377 g/mol. The molecule has 2 N–H and O–H groups in total. The molecule has 6 heteroatoms. The van der Waals surface area contributed by atoms with Gasteiger partial charge in [-0.2, -0.15) is 0 Å². The highest BCUT2D eigenvalue weighted by molar-refractivity contribution is 7.80. The summed E-state index contributed by atoms with van der Waals surface area (Å²) in [4.78, 5) is 12.8. The molecular formula is C22H24FNO3S. The summed E-state index contributed by atoms with van der Waals surface area (Å²) in [6, 6.07) is 15.5. The fourth-order valence-electron chi connectivity index (χ4n) is 3.85. The molecule has 1 aliphatic rings. The molecule has 0 spiro atoms.